The van der Waals surface area contributed by atoms with E-state index in [0.717, 1.165) is 28.0 Å². The summed E-state index contributed by atoms with van der Waals surface area (Å²) in [4.78, 5) is 6.79. The summed E-state index contributed by atoms with van der Waals surface area (Å²) in [5.74, 6) is 0. The number of halogens is 1. The second-order valence-electron chi connectivity index (χ2n) is 5.11. The summed E-state index contributed by atoms with van der Waals surface area (Å²) in [6.45, 7) is 2.10. The van der Waals surface area contributed by atoms with Crippen molar-refractivity contribution < 1.29 is 4.74 Å². The lowest BCUT2D eigenvalue weighted by Crippen LogP contribution is -2.46. The van der Waals surface area contributed by atoms with Crippen LogP contribution in [0.25, 0.3) is 10.9 Å². The maximum atomic E-state index is 6.27. The Morgan fingerprint density at radius 3 is 3.10 bits per heavy atom. The largest absolute Gasteiger partial charge is 0.374 e. The molecule has 3 rings (SSSR count). The molecule has 0 radical (unpaired) electrons. The van der Waals surface area contributed by atoms with Gasteiger partial charge in [-0.3, -0.25) is 9.88 Å². The van der Waals surface area contributed by atoms with Gasteiger partial charge in [0.25, 0.3) is 0 Å². The molecule has 2 N–H and O–H groups in total. The molecule has 1 fully saturated rings. The quantitative estimate of drug-likeness (QED) is 0.922. The smallest absolute Gasteiger partial charge is 0.0895 e. The van der Waals surface area contributed by atoms with Gasteiger partial charge < -0.3 is 10.5 Å². The molecule has 0 spiro atoms. The highest BCUT2D eigenvalue weighted by Gasteiger charge is 2.32. The Balaban J connectivity index is 2.15. The van der Waals surface area contributed by atoms with Crippen molar-refractivity contribution in [1.82, 2.24) is 9.88 Å². The lowest BCUT2D eigenvalue weighted by atomic mass is 9.96. The minimum atomic E-state index is -0.0138. The lowest BCUT2D eigenvalue weighted by Gasteiger charge is -2.39. The van der Waals surface area contributed by atoms with E-state index in [1.54, 1.807) is 6.20 Å². The molecule has 0 amide bonds. The summed E-state index contributed by atoms with van der Waals surface area (Å²) >= 11 is 6.27. The zero-order valence-electron chi connectivity index (χ0n) is 11.4. The number of pyridine rings is 1. The Hall–Kier alpha value is -1.20. The van der Waals surface area contributed by atoms with Crippen LogP contribution in [0.5, 0.6) is 0 Å². The van der Waals surface area contributed by atoms with E-state index < -0.39 is 0 Å². The standard InChI is InChI=1S/C15H18ClN3O/c1-19-7-8-20-13(9-17)15(19)11-4-5-12(16)10-3-2-6-18-14(10)11/h2-6,13,15H,7-9,17H2,1H3. The van der Waals surface area contributed by atoms with E-state index in [2.05, 4.69) is 16.9 Å². The van der Waals surface area contributed by atoms with Gasteiger partial charge in [0.05, 0.1) is 24.3 Å². The molecule has 2 unspecified atom stereocenters. The van der Waals surface area contributed by atoms with Crippen LogP contribution in [-0.4, -0.2) is 42.7 Å². The molecule has 2 aromatic rings. The maximum absolute atomic E-state index is 6.27. The van der Waals surface area contributed by atoms with Crippen LogP contribution in [-0.2, 0) is 4.74 Å². The van der Waals surface area contributed by atoms with Crippen molar-refractivity contribution in [2.75, 3.05) is 26.7 Å². The first kappa shape index (κ1) is 13.8. The Labute approximate surface area is 123 Å². The number of hydrogen-bond acceptors (Lipinski definition) is 4. The zero-order valence-corrected chi connectivity index (χ0v) is 12.2. The first-order chi connectivity index (χ1) is 9.72. The third-order valence-electron chi connectivity index (χ3n) is 3.90. The molecule has 1 aliphatic rings. The van der Waals surface area contributed by atoms with Gasteiger partial charge in [-0.2, -0.15) is 0 Å². The van der Waals surface area contributed by atoms with E-state index >= 15 is 0 Å². The Kier molecular flexibility index (Phi) is 3.89. The predicted molar refractivity (Wildman–Crippen MR) is 80.9 cm³/mol. The molecule has 5 heteroatoms. The van der Waals surface area contributed by atoms with Gasteiger partial charge in [0.1, 0.15) is 0 Å². The van der Waals surface area contributed by atoms with Gasteiger partial charge in [-0.15, -0.1) is 0 Å². The van der Waals surface area contributed by atoms with Gasteiger partial charge >= 0.3 is 0 Å². The van der Waals surface area contributed by atoms with Gasteiger partial charge in [-0.25, -0.2) is 0 Å². The second kappa shape index (κ2) is 5.66. The highest BCUT2D eigenvalue weighted by atomic mass is 35.5. The van der Waals surface area contributed by atoms with Gasteiger partial charge in [0, 0.05) is 29.7 Å². The monoisotopic (exact) mass is 291 g/mol. The van der Waals surface area contributed by atoms with Crippen molar-refractivity contribution in [2.45, 2.75) is 12.1 Å². The molecule has 1 aromatic carbocycles. The molecule has 4 nitrogen and oxygen atoms in total. The summed E-state index contributed by atoms with van der Waals surface area (Å²) in [6.07, 6.45) is 1.78. The summed E-state index contributed by atoms with van der Waals surface area (Å²) in [5.41, 5.74) is 7.93. The minimum Gasteiger partial charge on any atom is -0.374 e. The molecule has 0 aliphatic carbocycles. The average molecular weight is 292 g/mol. The molecular weight excluding hydrogens is 274 g/mol. The minimum absolute atomic E-state index is 0.0138. The highest BCUT2D eigenvalue weighted by molar-refractivity contribution is 6.35. The number of morpholine rings is 1. The van der Waals surface area contributed by atoms with Crippen LogP contribution in [0.15, 0.2) is 30.5 Å². The molecule has 0 bridgehead atoms. The fourth-order valence-corrected chi connectivity index (χ4v) is 3.11. The summed E-state index contributed by atoms with van der Waals surface area (Å²) in [6, 6.07) is 7.98. The average Bonchev–Trinajstić information content (AvgIpc) is 2.48. The van der Waals surface area contributed by atoms with Crippen LogP contribution in [0, 0.1) is 0 Å². The van der Waals surface area contributed by atoms with Crippen molar-refractivity contribution >= 4 is 22.5 Å². The number of benzene rings is 1. The number of rotatable bonds is 2. The van der Waals surface area contributed by atoms with Crippen molar-refractivity contribution in [3.8, 4) is 0 Å². The third kappa shape index (κ3) is 2.29. The second-order valence-corrected chi connectivity index (χ2v) is 5.51. The topological polar surface area (TPSA) is 51.4 Å². The summed E-state index contributed by atoms with van der Waals surface area (Å²) in [5, 5.41) is 1.70. The van der Waals surface area contributed by atoms with E-state index in [1.807, 2.05) is 24.3 Å². The Morgan fingerprint density at radius 2 is 2.30 bits per heavy atom. The molecule has 2 atom stereocenters. The van der Waals surface area contributed by atoms with Crippen LogP contribution in [0.3, 0.4) is 0 Å². The Morgan fingerprint density at radius 1 is 1.45 bits per heavy atom. The van der Waals surface area contributed by atoms with Crippen LogP contribution < -0.4 is 5.73 Å². The highest BCUT2D eigenvalue weighted by Crippen LogP contribution is 2.34. The van der Waals surface area contributed by atoms with E-state index in [0.29, 0.717) is 13.2 Å². The first-order valence-electron chi connectivity index (χ1n) is 6.77. The number of fused-ring (bicyclic) bond motifs is 1. The van der Waals surface area contributed by atoms with E-state index in [4.69, 9.17) is 22.1 Å². The van der Waals surface area contributed by atoms with Gasteiger partial charge in [-0.05, 0) is 30.8 Å². The Bertz CT molecular complexity index is 619. The molecule has 1 aromatic heterocycles. The number of nitrogens with zero attached hydrogens (tertiary/aromatic N) is 2. The molecule has 20 heavy (non-hydrogen) atoms. The fourth-order valence-electron chi connectivity index (χ4n) is 2.90. The van der Waals surface area contributed by atoms with Gasteiger partial charge in [0.15, 0.2) is 0 Å². The van der Waals surface area contributed by atoms with Crippen LogP contribution in [0.2, 0.25) is 5.02 Å². The molecule has 1 aliphatic heterocycles. The van der Waals surface area contributed by atoms with Crippen molar-refractivity contribution in [3.05, 3.63) is 41.0 Å². The van der Waals surface area contributed by atoms with Crippen molar-refractivity contribution in [1.29, 1.82) is 0 Å². The van der Waals surface area contributed by atoms with Crippen molar-refractivity contribution in [2.24, 2.45) is 5.73 Å². The lowest BCUT2D eigenvalue weighted by molar-refractivity contribution is -0.0572. The molecule has 2 heterocycles. The predicted octanol–water partition coefficient (Wildman–Crippen LogP) is 2.22. The number of aromatic nitrogens is 1. The third-order valence-corrected chi connectivity index (χ3v) is 4.23. The molecule has 106 valence electrons. The zero-order chi connectivity index (χ0) is 14.1. The maximum Gasteiger partial charge on any atom is 0.0895 e. The normalized spacial score (nSPS) is 24.1. The van der Waals surface area contributed by atoms with Crippen LogP contribution >= 0.6 is 11.6 Å². The number of nitrogens with two attached hydrogens (primary N) is 1. The van der Waals surface area contributed by atoms with E-state index in [9.17, 15) is 0 Å². The number of likely N-dealkylation sites (N-methyl/N-ethyl adjacent to an activating group) is 1. The van der Waals surface area contributed by atoms with Gasteiger partial charge in [-0.1, -0.05) is 17.7 Å². The fraction of sp³-hybridized carbons (Fsp3) is 0.400. The molecule has 1 saturated heterocycles. The van der Waals surface area contributed by atoms with Gasteiger partial charge in [0.2, 0.25) is 0 Å². The van der Waals surface area contributed by atoms with Crippen LogP contribution in [0.4, 0.5) is 0 Å². The summed E-state index contributed by atoms with van der Waals surface area (Å²) < 4.78 is 5.82. The molecule has 0 saturated carbocycles. The summed E-state index contributed by atoms with van der Waals surface area (Å²) in [7, 11) is 2.10. The van der Waals surface area contributed by atoms with E-state index in [1.165, 1.54) is 0 Å². The van der Waals surface area contributed by atoms with Crippen molar-refractivity contribution in [3.63, 3.8) is 0 Å². The number of ether oxygens (including phenoxy) is 1. The SMILES string of the molecule is CN1CCOC(CN)C1c1ccc(Cl)c2cccnc12. The van der Waals surface area contributed by atoms with Crippen LogP contribution in [0.1, 0.15) is 11.6 Å². The first-order valence-corrected chi connectivity index (χ1v) is 7.15. The number of hydrogen-bond donors (Lipinski definition) is 1. The van der Waals surface area contributed by atoms with E-state index in [-0.39, 0.29) is 12.1 Å². The molecular formula is C15H18ClN3O.